The maximum Gasteiger partial charge on any atom is 0.191 e. The molecule has 0 amide bonds. The number of likely N-dealkylation sites (tertiary alicyclic amines) is 1. The number of hydrogen-bond acceptors (Lipinski definition) is 3. The van der Waals surface area contributed by atoms with E-state index in [2.05, 4.69) is 46.9 Å². The van der Waals surface area contributed by atoms with Crippen molar-refractivity contribution in [3.63, 3.8) is 0 Å². The molecule has 1 aliphatic carbocycles. The zero-order valence-electron chi connectivity index (χ0n) is 15.5. The molecule has 0 bridgehead atoms. The van der Waals surface area contributed by atoms with E-state index in [0.717, 1.165) is 44.0 Å². The molecular weight excluding hydrogens is 443 g/mol. The van der Waals surface area contributed by atoms with Crippen molar-refractivity contribution in [2.45, 2.75) is 45.6 Å². The predicted octanol–water partition coefficient (Wildman–Crippen LogP) is 3.58. The van der Waals surface area contributed by atoms with Gasteiger partial charge in [-0.05, 0) is 62.4 Å². The average molecular weight is 476 g/mol. The third-order valence-corrected chi connectivity index (χ3v) is 5.87. The molecule has 0 aromatic carbocycles. The van der Waals surface area contributed by atoms with E-state index in [1.807, 2.05) is 11.3 Å². The second-order valence-corrected chi connectivity index (χ2v) is 8.40. The molecule has 2 atom stereocenters. The lowest BCUT2D eigenvalue weighted by molar-refractivity contribution is 0.314. The Morgan fingerprint density at radius 1 is 1.36 bits per heavy atom. The van der Waals surface area contributed by atoms with Gasteiger partial charge in [-0.15, -0.1) is 35.3 Å². The van der Waals surface area contributed by atoms with Crippen molar-refractivity contribution >= 4 is 41.3 Å². The van der Waals surface area contributed by atoms with Crippen molar-refractivity contribution < 1.29 is 0 Å². The summed E-state index contributed by atoms with van der Waals surface area (Å²) in [6, 6.07) is 5.27. The van der Waals surface area contributed by atoms with Crippen LogP contribution in [0.2, 0.25) is 0 Å². The van der Waals surface area contributed by atoms with Crippen LogP contribution in [0.25, 0.3) is 0 Å². The summed E-state index contributed by atoms with van der Waals surface area (Å²) in [6.07, 6.45) is 5.30. The first kappa shape index (κ1) is 21.0. The molecule has 142 valence electrons. The summed E-state index contributed by atoms with van der Waals surface area (Å²) in [5, 5.41) is 9.12. The van der Waals surface area contributed by atoms with Crippen LogP contribution in [-0.2, 0) is 6.42 Å². The van der Waals surface area contributed by atoms with Gasteiger partial charge in [0.2, 0.25) is 0 Å². The molecule has 4 nitrogen and oxygen atoms in total. The molecule has 1 aliphatic heterocycles. The first-order chi connectivity index (χ1) is 11.7. The minimum absolute atomic E-state index is 0. The SMILES string of the molecule is CCNC(=NCC(C)Cc1cccs1)NCC1CCN(C2CC2)C1.I. The molecule has 0 radical (unpaired) electrons. The summed E-state index contributed by atoms with van der Waals surface area (Å²) in [7, 11) is 0. The van der Waals surface area contributed by atoms with Crippen LogP contribution < -0.4 is 10.6 Å². The molecule has 1 saturated heterocycles. The minimum Gasteiger partial charge on any atom is -0.357 e. The predicted molar refractivity (Wildman–Crippen MR) is 119 cm³/mol. The largest absolute Gasteiger partial charge is 0.357 e. The Bertz CT molecular complexity index is 516. The van der Waals surface area contributed by atoms with Gasteiger partial charge >= 0.3 is 0 Å². The third kappa shape index (κ3) is 7.06. The van der Waals surface area contributed by atoms with Gasteiger partial charge < -0.3 is 15.5 Å². The maximum atomic E-state index is 4.81. The molecule has 1 saturated carbocycles. The van der Waals surface area contributed by atoms with E-state index >= 15 is 0 Å². The molecule has 1 aromatic heterocycles. The van der Waals surface area contributed by atoms with Crippen LogP contribution in [0, 0.1) is 11.8 Å². The van der Waals surface area contributed by atoms with Crippen LogP contribution in [0.5, 0.6) is 0 Å². The Balaban J connectivity index is 0.00000225. The standard InChI is InChI=1S/C19H32N4S.HI/c1-3-20-19(21-12-15(2)11-18-5-4-10-24-18)22-13-16-8-9-23(14-16)17-6-7-17;/h4-5,10,15-17H,3,6-9,11-14H2,1-2H3,(H2,20,21,22);1H. The van der Waals surface area contributed by atoms with Crippen molar-refractivity contribution in [3.8, 4) is 0 Å². The number of nitrogens with one attached hydrogen (secondary N) is 2. The smallest absolute Gasteiger partial charge is 0.191 e. The van der Waals surface area contributed by atoms with Gasteiger partial charge in [-0.2, -0.15) is 0 Å². The number of thiophene rings is 1. The molecule has 3 rings (SSSR count). The molecule has 6 heteroatoms. The average Bonchev–Trinajstić information content (AvgIpc) is 3.09. The molecule has 1 aromatic rings. The third-order valence-electron chi connectivity index (χ3n) is 4.97. The summed E-state index contributed by atoms with van der Waals surface area (Å²) in [4.78, 5) is 8.95. The maximum absolute atomic E-state index is 4.81. The van der Waals surface area contributed by atoms with Gasteiger partial charge in [0.1, 0.15) is 0 Å². The first-order valence-corrected chi connectivity index (χ1v) is 10.4. The van der Waals surface area contributed by atoms with Crippen molar-refractivity contribution in [1.29, 1.82) is 0 Å². The number of nitrogens with zero attached hydrogens (tertiary/aromatic N) is 2. The number of aliphatic imine (C=N–C) groups is 1. The Morgan fingerprint density at radius 3 is 2.88 bits per heavy atom. The lowest BCUT2D eigenvalue weighted by atomic mass is 10.1. The van der Waals surface area contributed by atoms with Crippen LogP contribution in [0.1, 0.15) is 38.0 Å². The lowest BCUT2D eigenvalue weighted by Crippen LogP contribution is -2.40. The van der Waals surface area contributed by atoms with E-state index in [1.54, 1.807) is 0 Å². The lowest BCUT2D eigenvalue weighted by Gasteiger charge is -2.17. The number of guanidine groups is 1. The summed E-state index contributed by atoms with van der Waals surface area (Å²) >= 11 is 1.85. The highest BCUT2D eigenvalue weighted by Gasteiger charge is 2.34. The highest BCUT2D eigenvalue weighted by Crippen LogP contribution is 2.31. The van der Waals surface area contributed by atoms with Crippen molar-refractivity contribution in [2.24, 2.45) is 16.8 Å². The molecule has 2 heterocycles. The van der Waals surface area contributed by atoms with E-state index < -0.39 is 0 Å². The molecule has 0 spiro atoms. The van der Waals surface area contributed by atoms with Crippen molar-refractivity contribution in [1.82, 2.24) is 15.5 Å². The molecule has 2 unspecified atom stereocenters. The normalized spacial score (nSPS) is 22.5. The van der Waals surface area contributed by atoms with E-state index in [0.29, 0.717) is 5.92 Å². The van der Waals surface area contributed by atoms with Crippen molar-refractivity contribution in [2.75, 3.05) is 32.7 Å². The van der Waals surface area contributed by atoms with Gasteiger partial charge in [0.05, 0.1) is 0 Å². The molecule has 2 aliphatic rings. The second kappa shape index (κ2) is 10.7. The van der Waals surface area contributed by atoms with E-state index in [4.69, 9.17) is 4.99 Å². The number of rotatable bonds is 8. The van der Waals surface area contributed by atoms with Crippen molar-refractivity contribution in [3.05, 3.63) is 22.4 Å². The number of hydrogen-bond donors (Lipinski definition) is 2. The molecular formula is C19H33IN4S. The van der Waals surface area contributed by atoms with E-state index in [1.165, 1.54) is 37.2 Å². The van der Waals surface area contributed by atoms with Crippen LogP contribution in [-0.4, -0.2) is 49.6 Å². The monoisotopic (exact) mass is 476 g/mol. The fourth-order valence-corrected chi connectivity index (χ4v) is 4.34. The fraction of sp³-hybridized carbons (Fsp3) is 0.737. The van der Waals surface area contributed by atoms with Crippen LogP contribution >= 0.6 is 35.3 Å². The zero-order chi connectivity index (χ0) is 16.8. The minimum atomic E-state index is 0. The Kier molecular flexibility index (Phi) is 8.99. The van der Waals surface area contributed by atoms with Crippen LogP contribution in [0.4, 0.5) is 0 Å². The Hall–Kier alpha value is -0.340. The Labute approximate surface area is 173 Å². The zero-order valence-corrected chi connectivity index (χ0v) is 18.7. The van der Waals surface area contributed by atoms with Gasteiger partial charge in [-0.1, -0.05) is 13.0 Å². The fourth-order valence-electron chi connectivity index (χ4n) is 3.47. The Morgan fingerprint density at radius 2 is 2.20 bits per heavy atom. The summed E-state index contributed by atoms with van der Waals surface area (Å²) < 4.78 is 0. The molecule has 25 heavy (non-hydrogen) atoms. The first-order valence-electron chi connectivity index (χ1n) is 9.53. The van der Waals surface area contributed by atoms with Gasteiger partial charge in [0.15, 0.2) is 5.96 Å². The summed E-state index contributed by atoms with van der Waals surface area (Å²) in [6.45, 7) is 9.84. The highest BCUT2D eigenvalue weighted by atomic mass is 127. The van der Waals surface area contributed by atoms with Gasteiger partial charge in [-0.3, -0.25) is 4.99 Å². The highest BCUT2D eigenvalue weighted by molar-refractivity contribution is 14.0. The topological polar surface area (TPSA) is 39.7 Å². The second-order valence-electron chi connectivity index (χ2n) is 7.37. The van der Waals surface area contributed by atoms with E-state index in [-0.39, 0.29) is 24.0 Å². The van der Waals surface area contributed by atoms with Gasteiger partial charge in [0.25, 0.3) is 0 Å². The van der Waals surface area contributed by atoms with Crippen LogP contribution in [0.3, 0.4) is 0 Å². The van der Waals surface area contributed by atoms with Gasteiger partial charge in [-0.25, -0.2) is 0 Å². The molecule has 2 N–H and O–H groups in total. The van der Waals surface area contributed by atoms with Gasteiger partial charge in [0, 0.05) is 37.1 Å². The number of halogens is 1. The summed E-state index contributed by atoms with van der Waals surface area (Å²) in [5.74, 6) is 2.34. The quantitative estimate of drug-likeness (QED) is 0.342. The summed E-state index contributed by atoms with van der Waals surface area (Å²) in [5.41, 5.74) is 0. The molecule has 2 fully saturated rings. The van der Waals surface area contributed by atoms with E-state index in [9.17, 15) is 0 Å². The van der Waals surface area contributed by atoms with Crippen LogP contribution in [0.15, 0.2) is 22.5 Å².